The molecular weight excluding hydrogens is 274 g/mol. The van der Waals surface area contributed by atoms with Crippen molar-refractivity contribution >= 4 is 11.8 Å². The quantitative estimate of drug-likeness (QED) is 0.675. The maximum absolute atomic E-state index is 12.5. The van der Waals surface area contributed by atoms with Crippen LogP contribution >= 0.6 is 0 Å². The van der Waals surface area contributed by atoms with Crippen LogP contribution in [0, 0.1) is 0 Å². The number of carbonyl (C=O) groups excluding carboxylic acids is 1. The van der Waals surface area contributed by atoms with Crippen molar-refractivity contribution in [3.8, 4) is 11.5 Å². The highest BCUT2D eigenvalue weighted by Crippen LogP contribution is 2.28. The van der Waals surface area contributed by atoms with Crippen molar-refractivity contribution in [2.75, 3.05) is 20.8 Å². The van der Waals surface area contributed by atoms with Gasteiger partial charge in [-0.1, -0.05) is 6.92 Å². The lowest BCUT2D eigenvalue weighted by Gasteiger charge is -2.17. The number of benzene rings is 1. The first-order chi connectivity index (χ1) is 10.0. The molecule has 1 unspecified atom stereocenters. The van der Waals surface area contributed by atoms with E-state index in [0.29, 0.717) is 23.6 Å². The van der Waals surface area contributed by atoms with E-state index < -0.39 is 12.0 Å². The largest absolute Gasteiger partial charge is 0.493 e. The SMILES string of the molecule is CCNC(CCC(=O)O)C(=O)c1ccc(OC)c(OC)c1. The van der Waals surface area contributed by atoms with Gasteiger partial charge < -0.3 is 19.9 Å². The van der Waals surface area contributed by atoms with Crippen molar-refractivity contribution in [1.29, 1.82) is 0 Å². The lowest BCUT2D eigenvalue weighted by Crippen LogP contribution is -2.37. The summed E-state index contributed by atoms with van der Waals surface area (Å²) in [6.45, 7) is 2.46. The Hall–Kier alpha value is -2.08. The summed E-state index contributed by atoms with van der Waals surface area (Å²) in [5.41, 5.74) is 0.462. The van der Waals surface area contributed by atoms with E-state index in [9.17, 15) is 9.59 Å². The normalized spacial score (nSPS) is 11.8. The van der Waals surface area contributed by atoms with Gasteiger partial charge in [0.1, 0.15) is 0 Å². The second-order valence-electron chi connectivity index (χ2n) is 4.48. The molecule has 0 aliphatic carbocycles. The topological polar surface area (TPSA) is 84.9 Å². The molecule has 0 heterocycles. The Morgan fingerprint density at radius 3 is 2.43 bits per heavy atom. The minimum atomic E-state index is -0.919. The Bertz CT molecular complexity index is 501. The molecule has 1 aromatic rings. The third kappa shape index (κ3) is 4.75. The number of hydrogen-bond donors (Lipinski definition) is 2. The van der Waals surface area contributed by atoms with E-state index in [2.05, 4.69) is 5.32 Å². The third-order valence-electron chi connectivity index (χ3n) is 3.08. The summed E-state index contributed by atoms with van der Waals surface area (Å²) in [6.07, 6.45) is 0.188. The number of carboxylic acid groups (broad SMARTS) is 1. The summed E-state index contributed by atoms with van der Waals surface area (Å²) in [7, 11) is 3.02. The summed E-state index contributed by atoms with van der Waals surface area (Å²) < 4.78 is 10.3. The number of hydrogen-bond acceptors (Lipinski definition) is 5. The zero-order chi connectivity index (χ0) is 15.8. The Labute approximate surface area is 124 Å². The van der Waals surface area contributed by atoms with Gasteiger partial charge in [0.15, 0.2) is 17.3 Å². The lowest BCUT2D eigenvalue weighted by atomic mass is 9.99. The molecule has 1 atom stereocenters. The van der Waals surface area contributed by atoms with E-state index in [1.165, 1.54) is 14.2 Å². The molecule has 0 spiro atoms. The highest BCUT2D eigenvalue weighted by Gasteiger charge is 2.21. The van der Waals surface area contributed by atoms with Crippen molar-refractivity contribution < 1.29 is 24.2 Å². The molecule has 6 heteroatoms. The maximum atomic E-state index is 12.5. The van der Waals surface area contributed by atoms with Gasteiger partial charge in [-0.25, -0.2) is 0 Å². The van der Waals surface area contributed by atoms with Gasteiger partial charge in [0.05, 0.1) is 20.3 Å². The number of carboxylic acids is 1. The molecule has 1 rings (SSSR count). The van der Waals surface area contributed by atoms with Gasteiger partial charge in [-0.2, -0.15) is 0 Å². The number of methoxy groups -OCH3 is 2. The number of ether oxygens (including phenoxy) is 2. The number of carbonyl (C=O) groups is 2. The van der Waals surface area contributed by atoms with E-state index in [1.54, 1.807) is 18.2 Å². The fourth-order valence-electron chi connectivity index (χ4n) is 2.03. The maximum Gasteiger partial charge on any atom is 0.303 e. The van der Waals surface area contributed by atoms with Crippen molar-refractivity contribution in [1.82, 2.24) is 5.32 Å². The van der Waals surface area contributed by atoms with Crippen molar-refractivity contribution in [3.63, 3.8) is 0 Å². The summed E-state index contributed by atoms with van der Waals surface area (Å²) in [6, 6.07) is 4.39. The van der Waals surface area contributed by atoms with Crippen molar-refractivity contribution in [3.05, 3.63) is 23.8 Å². The number of rotatable bonds is 9. The monoisotopic (exact) mass is 295 g/mol. The van der Waals surface area contributed by atoms with Gasteiger partial charge in [0, 0.05) is 12.0 Å². The number of ketones is 1. The summed E-state index contributed by atoms with van der Waals surface area (Å²) in [5.74, 6) is -0.0616. The average Bonchev–Trinajstić information content (AvgIpc) is 2.49. The fourth-order valence-corrected chi connectivity index (χ4v) is 2.03. The molecule has 6 nitrogen and oxygen atoms in total. The molecule has 0 bridgehead atoms. The number of likely N-dealkylation sites (N-methyl/N-ethyl adjacent to an activating group) is 1. The Kier molecular flexibility index (Phi) is 6.68. The summed E-state index contributed by atoms with van der Waals surface area (Å²) in [4.78, 5) is 23.1. The highest BCUT2D eigenvalue weighted by atomic mass is 16.5. The van der Waals surface area contributed by atoms with Crippen LogP contribution in [0.3, 0.4) is 0 Å². The lowest BCUT2D eigenvalue weighted by molar-refractivity contribution is -0.137. The second kappa shape index (κ2) is 8.26. The van der Waals surface area contributed by atoms with Crippen LogP contribution in [0.2, 0.25) is 0 Å². The minimum Gasteiger partial charge on any atom is -0.493 e. The molecule has 0 amide bonds. The Morgan fingerprint density at radius 2 is 1.90 bits per heavy atom. The van der Waals surface area contributed by atoms with Crippen LogP contribution < -0.4 is 14.8 Å². The summed E-state index contributed by atoms with van der Waals surface area (Å²) in [5, 5.41) is 11.8. The average molecular weight is 295 g/mol. The van der Waals surface area contributed by atoms with Crippen LogP contribution in [-0.4, -0.2) is 43.7 Å². The first kappa shape index (κ1) is 17.0. The minimum absolute atomic E-state index is 0.0588. The van der Waals surface area contributed by atoms with Crippen LogP contribution in [0.1, 0.15) is 30.1 Å². The third-order valence-corrected chi connectivity index (χ3v) is 3.08. The van der Waals surface area contributed by atoms with Crippen LogP contribution in [0.25, 0.3) is 0 Å². The number of Topliss-reactive ketones (excluding diaryl/α,β-unsaturated/α-hetero) is 1. The molecule has 0 saturated carbocycles. The molecule has 2 N–H and O–H groups in total. The first-order valence-corrected chi connectivity index (χ1v) is 6.74. The smallest absolute Gasteiger partial charge is 0.303 e. The van der Waals surface area contributed by atoms with Gasteiger partial charge >= 0.3 is 5.97 Å². The Balaban J connectivity index is 2.94. The van der Waals surface area contributed by atoms with E-state index in [1.807, 2.05) is 6.92 Å². The predicted molar refractivity (Wildman–Crippen MR) is 78.2 cm³/mol. The van der Waals surface area contributed by atoms with Crippen molar-refractivity contribution in [2.24, 2.45) is 0 Å². The van der Waals surface area contributed by atoms with Crippen molar-refractivity contribution in [2.45, 2.75) is 25.8 Å². The van der Waals surface area contributed by atoms with Crippen LogP contribution in [-0.2, 0) is 4.79 Å². The standard InChI is InChI=1S/C15H21NO5/c1-4-16-11(6-8-14(17)18)15(19)10-5-7-12(20-2)13(9-10)21-3/h5,7,9,11,16H,4,6,8H2,1-3H3,(H,17,18). The van der Waals surface area contributed by atoms with Gasteiger partial charge in [-0.15, -0.1) is 0 Å². The van der Waals surface area contributed by atoms with Gasteiger partial charge in [0.25, 0.3) is 0 Å². The highest BCUT2D eigenvalue weighted by molar-refractivity contribution is 6.00. The van der Waals surface area contributed by atoms with Crippen LogP contribution in [0.15, 0.2) is 18.2 Å². The number of aliphatic carboxylic acids is 1. The molecule has 0 saturated heterocycles. The second-order valence-corrected chi connectivity index (χ2v) is 4.48. The molecule has 0 fully saturated rings. The van der Waals surface area contributed by atoms with E-state index in [4.69, 9.17) is 14.6 Å². The Morgan fingerprint density at radius 1 is 1.24 bits per heavy atom. The molecule has 21 heavy (non-hydrogen) atoms. The van der Waals surface area contributed by atoms with Gasteiger partial charge in [-0.3, -0.25) is 9.59 Å². The molecule has 116 valence electrons. The first-order valence-electron chi connectivity index (χ1n) is 6.74. The molecule has 0 aliphatic heterocycles. The zero-order valence-electron chi connectivity index (χ0n) is 12.5. The fraction of sp³-hybridized carbons (Fsp3) is 0.467. The van der Waals surface area contributed by atoms with Crippen LogP contribution in [0.5, 0.6) is 11.5 Å². The molecule has 0 radical (unpaired) electrons. The van der Waals surface area contributed by atoms with E-state index in [-0.39, 0.29) is 18.6 Å². The molecule has 0 aromatic heterocycles. The molecule has 1 aromatic carbocycles. The van der Waals surface area contributed by atoms with Gasteiger partial charge in [-0.05, 0) is 31.2 Å². The summed E-state index contributed by atoms with van der Waals surface area (Å²) >= 11 is 0. The van der Waals surface area contributed by atoms with Crippen LogP contribution in [0.4, 0.5) is 0 Å². The van der Waals surface area contributed by atoms with E-state index in [0.717, 1.165) is 0 Å². The number of nitrogens with one attached hydrogen (secondary N) is 1. The predicted octanol–water partition coefficient (Wildman–Crippen LogP) is 1.73. The van der Waals surface area contributed by atoms with Gasteiger partial charge in [0.2, 0.25) is 0 Å². The zero-order valence-corrected chi connectivity index (χ0v) is 12.5. The van der Waals surface area contributed by atoms with E-state index >= 15 is 0 Å². The molecule has 0 aliphatic rings. The molecular formula is C15H21NO5.